The lowest BCUT2D eigenvalue weighted by Crippen LogP contribution is -2.40. The van der Waals surface area contributed by atoms with E-state index in [2.05, 4.69) is 4.98 Å². The van der Waals surface area contributed by atoms with E-state index in [0.29, 0.717) is 24.7 Å². The van der Waals surface area contributed by atoms with Crippen LogP contribution in [-0.4, -0.2) is 24.0 Å². The van der Waals surface area contributed by atoms with Gasteiger partial charge in [0.05, 0.1) is 5.56 Å². The third-order valence-electron chi connectivity index (χ3n) is 4.54. The highest BCUT2D eigenvalue weighted by Crippen LogP contribution is 2.36. The monoisotopic (exact) mass is 360 g/mol. The second-order valence-corrected chi connectivity index (χ2v) is 6.24. The second-order valence-electron chi connectivity index (χ2n) is 6.24. The summed E-state index contributed by atoms with van der Waals surface area (Å²) in [6.07, 6.45) is -5.24. The van der Waals surface area contributed by atoms with Crippen molar-refractivity contribution in [1.29, 1.82) is 0 Å². The van der Waals surface area contributed by atoms with Crippen LogP contribution in [0.2, 0.25) is 0 Å². The van der Waals surface area contributed by atoms with Gasteiger partial charge in [-0.25, -0.2) is 8.78 Å². The fourth-order valence-corrected chi connectivity index (χ4v) is 3.45. The molecule has 1 aliphatic heterocycles. The first kappa shape index (κ1) is 17.7. The Balaban J connectivity index is 2.08. The smallest absolute Gasteiger partial charge is 0.368 e. The standard InChI is InChI=1S/C17H17F5N2O/c18-15(19)8-10-3-1-2-6-24(10)11-4-5-14-12(7-11)13(17(20,21)22)9-16(25)23-14/h4-5,7,9-10,15H,1-3,6,8H2,(H,23,25). The fourth-order valence-electron chi connectivity index (χ4n) is 3.45. The number of hydrogen-bond acceptors (Lipinski definition) is 2. The predicted molar refractivity (Wildman–Crippen MR) is 85.2 cm³/mol. The maximum atomic E-state index is 13.3. The number of aromatic amines is 1. The number of nitrogens with one attached hydrogen (secondary N) is 1. The van der Waals surface area contributed by atoms with Gasteiger partial charge in [0.25, 0.3) is 0 Å². The second kappa shape index (κ2) is 6.65. The normalized spacial score (nSPS) is 19.0. The zero-order valence-electron chi connectivity index (χ0n) is 13.2. The van der Waals surface area contributed by atoms with Crippen LogP contribution < -0.4 is 10.5 Å². The summed E-state index contributed by atoms with van der Waals surface area (Å²) in [5, 5.41) is -0.133. The lowest BCUT2D eigenvalue weighted by Gasteiger charge is -2.37. The van der Waals surface area contributed by atoms with E-state index in [4.69, 9.17) is 0 Å². The topological polar surface area (TPSA) is 36.1 Å². The molecule has 1 atom stereocenters. The number of pyridine rings is 1. The molecule has 0 amide bonds. The van der Waals surface area contributed by atoms with E-state index in [0.717, 1.165) is 12.8 Å². The summed E-state index contributed by atoms with van der Waals surface area (Å²) in [5.74, 6) is 0. The van der Waals surface area contributed by atoms with Crippen LogP contribution in [-0.2, 0) is 6.18 Å². The molecule has 0 radical (unpaired) electrons. The first-order valence-electron chi connectivity index (χ1n) is 8.05. The lowest BCUT2D eigenvalue weighted by molar-refractivity contribution is -0.136. The number of piperidine rings is 1. The van der Waals surface area contributed by atoms with Gasteiger partial charge in [0.1, 0.15) is 0 Å². The number of hydrogen-bond donors (Lipinski definition) is 1. The highest BCUT2D eigenvalue weighted by Gasteiger charge is 2.34. The quantitative estimate of drug-likeness (QED) is 0.815. The minimum absolute atomic E-state index is 0.0750. The Morgan fingerprint density at radius 3 is 2.64 bits per heavy atom. The van der Waals surface area contributed by atoms with Crippen LogP contribution in [0, 0.1) is 0 Å². The van der Waals surface area contributed by atoms with Crippen LogP contribution >= 0.6 is 0 Å². The molecule has 2 aromatic rings. The van der Waals surface area contributed by atoms with Crippen molar-refractivity contribution in [1.82, 2.24) is 4.98 Å². The van der Waals surface area contributed by atoms with Crippen molar-refractivity contribution in [3.8, 4) is 0 Å². The largest absolute Gasteiger partial charge is 0.417 e. The van der Waals surface area contributed by atoms with E-state index in [1.165, 1.54) is 12.1 Å². The van der Waals surface area contributed by atoms with Crippen molar-refractivity contribution in [3.05, 3.63) is 40.2 Å². The predicted octanol–water partition coefficient (Wildman–Crippen LogP) is 4.56. The van der Waals surface area contributed by atoms with Crippen LogP contribution in [0.25, 0.3) is 10.9 Å². The van der Waals surface area contributed by atoms with Gasteiger partial charge >= 0.3 is 6.18 Å². The molecule has 1 aliphatic rings. The number of H-pyrrole nitrogens is 1. The summed E-state index contributed by atoms with van der Waals surface area (Å²) in [6.45, 7) is 0.521. The molecule has 1 saturated heterocycles. The van der Waals surface area contributed by atoms with Gasteiger partial charge in [-0.05, 0) is 37.5 Å². The Kier molecular flexibility index (Phi) is 4.71. The number of benzene rings is 1. The summed E-state index contributed by atoms with van der Waals surface area (Å²) >= 11 is 0. The van der Waals surface area contributed by atoms with Crippen LogP contribution in [0.4, 0.5) is 27.6 Å². The molecular formula is C17H17F5N2O. The van der Waals surface area contributed by atoms with E-state index in [1.807, 2.05) is 0 Å². The van der Waals surface area contributed by atoms with Gasteiger partial charge in [-0.15, -0.1) is 0 Å². The highest BCUT2D eigenvalue weighted by molar-refractivity contribution is 5.86. The zero-order valence-corrected chi connectivity index (χ0v) is 13.2. The third kappa shape index (κ3) is 3.77. The highest BCUT2D eigenvalue weighted by atomic mass is 19.4. The average Bonchev–Trinajstić information content (AvgIpc) is 2.53. The molecule has 2 heterocycles. The Hall–Kier alpha value is -2.12. The molecule has 1 aromatic carbocycles. The van der Waals surface area contributed by atoms with Crippen LogP contribution in [0.15, 0.2) is 29.1 Å². The van der Waals surface area contributed by atoms with Crippen LogP contribution in [0.3, 0.4) is 0 Å². The molecule has 1 unspecified atom stereocenters. The first-order valence-corrected chi connectivity index (χ1v) is 8.05. The van der Waals surface area contributed by atoms with Gasteiger partial charge in [0.2, 0.25) is 12.0 Å². The molecule has 0 bridgehead atoms. The SMILES string of the molecule is O=c1cc(C(F)(F)F)c2cc(N3CCCCC3CC(F)F)ccc2[nH]1. The number of alkyl halides is 5. The van der Waals surface area contributed by atoms with Crippen molar-refractivity contribution >= 4 is 16.6 Å². The van der Waals surface area contributed by atoms with Gasteiger partial charge in [0, 0.05) is 41.7 Å². The van der Waals surface area contributed by atoms with Gasteiger partial charge in [0.15, 0.2) is 0 Å². The van der Waals surface area contributed by atoms with Crippen LogP contribution in [0.5, 0.6) is 0 Å². The molecule has 136 valence electrons. The molecule has 1 N–H and O–H groups in total. The molecule has 0 saturated carbocycles. The van der Waals surface area contributed by atoms with E-state index in [9.17, 15) is 26.7 Å². The average molecular weight is 360 g/mol. The van der Waals surface area contributed by atoms with Crippen molar-refractivity contribution in [2.75, 3.05) is 11.4 Å². The number of halogens is 5. The lowest BCUT2D eigenvalue weighted by atomic mass is 9.98. The van der Waals surface area contributed by atoms with Crippen molar-refractivity contribution in [3.63, 3.8) is 0 Å². The number of nitrogens with zero attached hydrogens (tertiary/aromatic N) is 1. The van der Waals surface area contributed by atoms with Crippen molar-refractivity contribution < 1.29 is 22.0 Å². The molecule has 3 nitrogen and oxygen atoms in total. The van der Waals surface area contributed by atoms with E-state index in [-0.39, 0.29) is 17.3 Å². The molecule has 1 aromatic heterocycles. The molecule has 0 aliphatic carbocycles. The summed E-state index contributed by atoms with van der Waals surface area (Å²) < 4.78 is 65.4. The minimum Gasteiger partial charge on any atom is -0.368 e. The minimum atomic E-state index is -4.67. The van der Waals surface area contributed by atoms with Gasteiger partial charge in [-0.2, -0.15) is 13.2 Å². The Morgan fingerprint density at radius 1 is 1.20 bits per heavy atom. The maximum absolute atomic E-state index is 13.3. The Bertz CT molecular complexity index is 815. The summed E-state index contributed by atoms with van der Waals surface area (Å²) in [6, 6.07) is 4.43. The molecule has 0 spiro atoms. The van der Waals surface area contributed by atoms with Gasteiger partial charge in [-0.1, -0.05) is 0 Å². The van der Waals surface area contributed by atoms with Crippen molar-refractivity contribution in [2.24, 2.45) is 0 Å². The summed E-state index contributed by atoms with van der Waals surface area (Å²) in [4.78, 5) is 15.6. The summed E-state index contributed by atoms with van der Waals surface area (Å²) in [5.41, 5.74) is -1.31. The molecule has 1 fully saturated rings. The molecular weight excluding hydrogens is 343 g/mol. The van der Waals surface area contributed by atoms with Crippen molar-refractivity contribution in [2.45, 2.75) is 44.3 Å². The zero-order chi connectivity index (χ0) is 18.2. The number of anilines is 1. The molecule has 25 heavy (non-hydrogen) atoms. The maximum Gasteiger partial charge on any atom is 0.417 e. The van der Waals surface area contributed by atoms with Crippen LogP contribution in [0.1, 0.15) is 31.2 Å². The van der Waals surface area contributed by atoms with Gasteiger partial charge < -0.3 is 9.88 Å². The number of fused-ring (bicyclic) bond motifs is 1. The first-order chi connectivity index (χ1) is 11.8. The fraction of sp³-hybridized carbons (Fsp3) is 0.471. The van der Waals surface area contributed by atoms with E-state index < -0.39 is 29.8 Å². The van der Waals surface area contributed by atoms with Gasteiger partial charge in [-0.3, -0.25) is 4.79 Å². The molecule has 3 rings (SSSR count). The summed E-state index contributed by atoms with van der Waals surface area (Å²) in [7, 11) is 0. The molecule has 8 heteroatoms. The Morgan fingerprint density at radius 2 is 1.96 bits per heavy atom. The Labute approximate surface area is 140 Å². The third-order valence-corrected chi connectivity index (χ3v) is 4.54. The number of aromatic nitrogens is 1. The number of rotatable bonds is 3. The van der Waals surface area contributed by atoms with E-state index in [1.54, 1.807) is 11.0 Å². The van der Waals surface area contributed by atoms with E-state index >= 15 is 0 Å².